The second-order valence-corrected chi connectivity index (χ2v) is 6.33. The number of nitrogens with zero attached hydrogens (tertiary/aromatic N) is 2. The van der Waals surface area contributed by atoms with Crippen LogP contribution < -0.4 is 4.74 Å². The molecule has 2 heterocycles. The lowest BCUT2D eigenvalue weighted by molar-refractivity contribution is -0.149. The molecule has 0 bridgehead atoms. The Balaban J connectivity index is 1.77. The molecule has 1 amide bonds. The minimum absolute atomic E-state index is 0.0415. The molecule has 0 saturated carbocycles. The molecule has 8 heteroatoms. The molecule has 1 saturated heterocycles. The summed E-state index contributed by atoms with van der Waals surface area (Å²) in [6, 6.07) is 6.61. The number of aromatic nitrogens is 1. The van der Waals surface area contributed by atoms with Gasteiger partial charge in [-0.1, -0.05) is 17.3 Å². The van der Waals surface area contributed by atoms with E-state index >= 15 is 0 Å². The second kappa shape index (κ2) is 6.78. The highest BCUT2D eigenvalue weighted by Crippen LogP contribution is 2.29. The number of para-hydroxylation sites is 1. The van der Waals surface area contributed by atoms with Crippen LogP contribution in [0.2, 0.25) is 0 Å². The van der Waals surface area contributed by atoms with E-state index in [1.165, 1.54) is 4.90 Å². The van der Waals surface area contributed by atoms with Crippen LogP contribution in [0.25, 0.3) is 0 Å². The largest absolute Gasteiger partial charge is 0.488 e. The van der Waals surface area contributed by atoms with Crippen LogP contribution in [0.3, 0.4) is 0 Å². The number of alkyl halides is 1. The molecular formula is C18H19FN2O5. The molecular weight excluding hydrogens is 343 g/mol. The zero-order valence-electron chi connectivity index (χ0n) is 14.5. The number of hydrogen-bond acceptors (Lipinski definition) is 5. The highest BCUT2D eigenvalue weighted by Gasteiger charge is 2.47. The molecule has 1 aliphatic heterocycles. The van der Waals surface area contributed by atoms with Gasteiger partial charge in [-0.3, -0.25) is 4.79 Å². The Morgan fingerprint density at radius 2 is 2.12 bits per heavy atom. The number of likely N-dealkylation sites (tertiary alicyclic amines) is 1. The number of aryl methyl sites for hydroxylation is 2. The average molecular weight is 362 g/mol. The van der Waals surface area contributed by atoms with Crippen molar-refractivity contribution in [2.24, 2.45) is 0 Å². The number of halogens is 1. The number of hydrogen-bond donors (Lipinski definition) is 1. The molecule has 1 unspecified atom stereocenters. The molecule has 0 aliphatic carbocycles. The number of rotatable bonds is 5. The summed E-state index contributed by atoms with van der Waals surface area (Å²) < 4.78 is 25.1. The summed E-state index contributed by atoms with van der Waals surface area (Å²) in [7, 11) is 0. The lowest BCUT2D eigenvalue weighted by Gasteiger charge is -2.19. The third-order valence-electron chi connectivity index (χ3n) is 4.56. The average Bonchev–Trinajstić information content (AvgIpc) is 3.17. The molecule has 2 aromatic rings. The molecule has 1 aromatic heterocycles. The fraction of sp³-hybridized carbons (Fsp3) is 0.389. The fourth-order valence-corrected chi connectivity index (χ4v) is 2.92. The maximum atomic E-state index is 14.2. The van der Waals surface area contributed by atoms with E-state index < -0.39 is 24.1 Å². The predicted molar refractivity (Wildman–Crippen MR) is 88.7 cm³/mol. The number of carboxylic acids is 1. The minimum Gasteiger partial charge on any atom is -0.488 e. The van der Waals surface area contributed by atoms with Gasteiger partial charge in [-0.25, -0.2) is 9.18 Å². The number of carbonyl (C=O) groups is 2. The van der Waals surface area contributed by atoms with E-state index in [0.717, 1.165) is 5.56 Å². The van der Waals surface area contributed by atoms with Crippen molar-refractivity contribution in [2.45, 2.75) is 32.5 Å². The molecule has 1 N–H and O–H groups in total. The van der Waals surface area contributed by atoms with Crippen LogP contribution in [-0.4, -0.2) is 45.8 Å². The SMILES string of the molecule is Cc1noc(C)c1COc1ccccc1C(=O)N1CCC(F)(C(=O)O)C1. The Bertz CT molecular complexity index is 830. The topological polar surface area (TPSA) is 92.9 Å². The molecule has 7 nitrogen and oxygen atoms in total. The lowest BCUT2D eigenvalue weighted by Crippen LogP contribution is -2.39. The zero-order chi connectivity index (χ0) is 18.9. The number of ether oxygens (including phenoxy) is 1. The van der Waals surface area contributed by atoms with Crippen molar-refractivity contribution in [3.8, 4) is 5.75 Å². The molecule has 0 spiro atoms. The fourth-order valence-electron chi connectivity index (χ4n) is 2.92. The maximum Gasteiger partial charge on any atom is 0.343 e. The highest BCUT2D eigenvalue weighted by atomic mass is 19.1. The van der Waals surface area contributed by atoms with Crippen molar-refractivity contribution >= 4 is 11.9 Å². The molecule has 1 fully saturated rings. The minimum atomic E-state index is -2.40. The van der Waals surface area contributed by atoms with Crippen LogP contribution in [0.4, 0.5) is 4.39 Å². The van der Waals surface area contributed by atoms with E-state index in [2.05, 4.69) is 5.16 Å². The first kappa shape index (κ1) is 17.9. The van der Waals surface area contributed by atoms with Gasteiger partial charge in [0.1, 0.15) is 18.1 Å². The van der Waals surface area contributed by atoms with E-state index in [1.807, 2.05) is 0 Å². The summed E-state index contributed by atoms with van der Waals surface area (Å²) in [5.41, 5.74) is -0.646. The van der Waals surface area contributed by atoms with E-state index in [0.29, 0.717) is 17.2 Å². The van der Waals surface area contributed by atoms with Crippen LogP contribution in [0, 0.1) is 13.8 Å². The van der Waals surface area contributed by atoms with Crippen LogP contribution >= 0.6 is 0 Å². The van der Waals surface area contributed by atoms with Crippen LogP contribution in [-0.2, 0) is 11.4 Å². The van der Waals surface area contributed by atoms with Gasteiger partial charge in [0, 0.05) is 13.0 Å². The van der Waals surface area contributed by atoms with Gasteiger partial charge in [-0.2, -0.15) is 0 Å². The zero-order valence-corrected chi connectivity index (χ0v) is 14.5. The summed E-state index contributed by atoms with van der Waals surface area (Å²) in [6.45, 7) is 3.31. The normalized spacial score (nSPS) is 19.6. The van der Waals surface area contributed by atoms with Gasteiger partial charge in [0.25, 0.3) is 5.91 Å². The highest BCUT2D eigenvalue weighted by molar-refractivity contribution is 5.97. The Kier molecular flexibility index (Phi) is 4.67. The number of carboxylic acid groups (broad SMARTS) is 1. The molecule has 0 radical (unpaired) electrons. The molecule has 1 aromatic carbocycles. The summed E-state index contributed by atoms with van der Waals surface area (Å²) in [5.74, 6) is -1.03. The summed E-state index contributed by atoms with van der Waals surface area (Å²) >= 11 is 0. The van der Waals surface area contributed by atoms with Crippen molar-refractivity contribution in [2.75, 3.05) is 13.1 Å². The van der Waals surface area contributed by atoms with Gasteiger partial charge in [0.05, 0.1) is 23.4 Å². The quantitative estimate of drug-likeness (QED) is 0.878. The van der Waals surface area contributed by atoms with E-state index in [9.17, 15) is 14.0 Å². The summed E-state index contributed by atoms with van der Waals surface area (Å²) in [5, 5.41) is 12.8. The predicted octanol–water partition coefficient (Wildman–Crippen LogP) is 2.51. The molecule has 3 rings (SSSR count). The Morgan fingerprint density at radius 3 is 2.73 bits per heavy atom. The Labute approximate surface area is 149 Å². The second-order valence-electron chi connectivity index (χ2n) is 6.33. The van der Waals surface area contributed by atoms with Crippen molar-refractivity contribution < 1.29 is 28.3 Å². The van der Waals surface area contributed by atoms with Crippen LogP contribution in [0.5, 0.6) is 5.75 Å². The first-order chi connectivity index (χ1) is 12.3. The first-order valence-electron chi connectivity index (χ1n) is 8.17. The third-order valence-corrected chi connectivity index (χ3v) is 4.56. The van der Waals surface area contributed by atoms with Gasteiger partial charge in [0.15, 0.2) is 0 Å². The van der Waals surface area contributed by atoms with Crippen molar-refractivity contribution in [3.63, 3.8) is 0 Å². The Hall–Kier alpha value is -2.90. The third kappa shape index (κ3) is 3.26. The van der Waals surface area contributed by atoms with Crippen molar-refractivity contribution in [1.82, 2.24) is 10.1 Å². The van der Waals surface area contributed by atoms with E-state index in [1.54, 1.807) is 38.1 Å². The van der Waals surface area contributed by atoms with Crippen molar-refractivity contribution in [3.05, 3.63) is 46.8 Å². The lowest BCUT2D eigenvalue weighted by atomic mass is 10.1. The molecule has 26 heavy (non-hydrogen) atoms. The van der Waals surface area contributed by atoms with Gasteiger partial charge < -0.3 is 19.3 Å². The summed E-state index contributed by atoms with van der Waals surface area (Å²) in [6.07, 6.45) is -0.226. The van der Waals surface area contributed by atoms with E-state index in [-0.39, 0.29) is 25.1 Å². The van der Waals surface area contributed by atoms with Crippen molar-refractivity contribution in [1.29, 1.82) is 0 Å². The first-order valence-corrected chi connectivity index (χ1v) is 8.17. The van der Waals surface area contributed by atoms with Gasteiger partial charge >= 0.3 is 5.97 Å². The molecule has 1 aliphatic rings. The van der Waals surface area contributed by atoms with Gasteiger partial charge in [-0.15, -0.1) is 0 Å². The monoisotopic (exact) mass is 362 g/mol. The smallest absolute Gasteiger partial charge is 0.343 e. The standard InChI is InChI=1S/C18H19FN2O5/c1-11-14(12(2)26-20-11)9-25-15-6-4-3-5-13(15)16(22)21-8-7-18(19,10-21)17(23)24/h3-6H,7-10H2,1-2H3,(H,23,24). The number of carbonyl (C=O) groups excluding carboxylic acids is 1. The van der Waals surface area contributed by atoms with Gasteiger partial charge in [-0.05, 0) is 26.0 Å². The Morgan fingerprint density at radius 1 is 1.38 bits per heavy atom. The summed E-state index contributed by atoms with van der Waals surface area (Å²) in [4.78, 5) is 25.0. The molecule has 1 atom stereocenters. The maximum absolute atomic E-state index is 14.2. The number of benzene rings is 1. The number of aliphatic carboxylic acids is 1. The van der Waals surface area contributed by atoms with Gasteiger partial charge in [0.2, 0.25) is 5.67 Å². The van der Waals surface area contributed by atoms with Crippen LogP contribution in [0.1, 0.15) is 33.8 Å². The molecule has 138 valence electrons. The van der Waals surface area contributed by atoms with E-state index in [4.69, 9.17) is 14.4 Å². The number of amides is 1. The van der Waals surface area contributed by atoms with Crippen LogP contribution in [0.15, 0.2) is 28.8 Å².